The Labute approximate surface area is 148 Å². The molecule has 0 fully saturated rings. The number of anilines is 1. The number of nitrogens with zero attached hydrogens (tertiary/aromatic N) is 1. The molecule has 25 heavy (non-hydrogen) atoms. The standard InChI is InChI=1S/C15H13ClN2O6S/c1-8-5-10(15(19)20)6-14(9(8)2)25(23,24)17-11-3-4-12(16)13(7-11)18(21)22/h3-7,17H,1-2H3,(H,19,20). The summed E-state index contributed by atoms with van der Waals surface area (Å²) in [6.07, 6.45) is 0. The van der Waals surface area contributed by atoms with E-state index in [0.29, 0.717) is 11.1 Å². The number of benzene rings is 2. The molecule has 0 radical (unpaired) electrons. The molecular weight excluding hydrogens is 372 g/mol. The number of halogens is 1. The summed E-state index contributed by atoms with van der Waals surface area (Å²) in [7, 11) is -4.16. The minimum Gasteiger partial charge on any atom is -0.478 e. The highest BCUT2D eigenvalue weighted by atomic mass is 35.5. The Bertz CT molecular complexity index is 988. The summed E-state index contributed by atoms with van der Waals surface area (Å²) in [4.78, 5) is 21.1. The van der Waals surface area contributed by atoms with E-state index in [-0.39, 0.29) is 21.2 Å². The lowest BCUT2D eigenvalue weighted by Crippen LogP contribution is -2.16. The van der Waals surface area contributed by atoms with Crippen LogP contribution in [0.1, 0.15) is 21.5 Å². The molecule has 0 aliphatic heterocycles. The molecule has 0 aliphatic rings. The van der Waals surface area contributed by atoms with Crippen molar-refractivity contribution in [1.82, 2.24) is 0 Å². The molecule has 0 atom stereocenters. The maximum Gasteiger partial charge on any atom is 0.335 e. The number of carbonyl (C=O) groups is 1. The summed E-state index contributed by atoms with van der Waals surface area (Å²) in [5.41, 5.74) is 0.178. The smallest absolute Gasteiger partial charge is 0.335 e. The Morgan fingerprint density at radius 2 is 1.88 bits per heavy atom. The van der Waals surface area contributed by atoms with Crippen LogP contribution in [0, 0.1) is 24.0 Å². The number of aryl methyl sites for hydroxylation is 1. The number of hydrogen-bond donors (Lipinski definition) is 2. The first-order valence-corrected chi connectivity index (χ1v) is 8.70. The lowest BCUT2D eigenvalue weighted by molar-refractivity contribution is -0.384. The summed E-state index contributed by atoms with van der Waals surface area (Å²) in [6, 6.07) is 5.86. The van der Waals surface area contributed by atoms with Gasteiger partial charge in [-0.25, -0.2) is 13.2 Å². The van der Waals surface area contributed by atoms with E-state index in [0.717, 1.165) is 12.1 Å². The average molecular weight is 385 g/mol. The molecule has 0 aromatic heterocycles. The maximum absolute atomic E-state index is 12.6. The number of carboxylic acids is 1. The number of nitrogens with one attached hydrogen (secondary N) is 1. The van der Waals surface area contributed by atoms with E-state index in [1.54, 1.807) is 13.8 Å². The van der Waals surface area contributed by atoms with Crippen LogP contribution in [0.5, 0.6) is 0 Å². The fourth-order valence-electron chi connectivity index (χ4n) is 2.16. The zero-order valence-electron chi connectivity index (χ0n) is 13.1. The van der Waals surface area contributed by atoms with Crippen molar-refractivity contribution in [1.29, 1.82) is 0 Å². The highest BCUT2D eigenvalue weighted by molar-refractivity contribution is 7.92. The molecule has 0 saturated heterocycles. The van der Waals surface area contributed by atoms with Crippen molar-refractivity contribution in [3.63, 3.8) is 0 Å². The second kappa shape index (κ2) is 6.69. The summed E-state index contributed by atoms with van der Waals surface area (Å²) in [5.74, 6) is -1.26. The summed E-state index contributed by atoms with van der Waals surface area (Å²) in [6.45, 7) is 3.13. The Balaban J connectivity index is 2.52. The predicted molar refractivity (Wildman–Crippen MR) is 91.8 cm³/mol. The quantitative estimate of drug-likeness (QED) is 0.601. The van der Waals surface area contributed by atoms with E-state index in [4.69, 9.17) is 16.7 Å². The molecular formula is C15H13ClN2O6S. The minimum atomic E-state index is -4.16. The third kappa shape index (κ3) is 3.89. The van der Waals surface area contributed by atoms with E-state index < -0.39 is 26.6 Å². The fourth-order valence-corrected chi connectivity index (χ4v) is 3.74. The fraction of sp³-hybridized carbons (Fsp3) is 0.133. The Kier molecular flexibility index (Phi) is 5.00. The summed E-state index contributed by atoms with van der Waals surface area (Å²) in [5, 5.41) is 19.9. The zero-order valence-corrected chi connectivity index (χ0v) is 14.7. The van der Waals surface area contributed by atoms with E-state index in [2.05, 4.69) is 4.72 Å². The van der Waals surface area contributed by atoms with Crippen LogP contribution in [0.15, 0.2) is 35.2 Å². The van der Waals surface area contributed by atoms with Crippen molar-refractivity contribution in [2.75, 3.05) is 4.72 Å². The molecule has 2 aromatic carbocycles. The van der Waals surface area contributed by atoms with Gasteiger partial charge in [0.1, 0.15) is 5.02 Å². The minimum absolute atomic E-state index is 0.0612. The monoisotopic (exact) mass is 384 g/mol. The van der Waals surface area contributed by atoms with Crippen LogP contribution in [0.3, 0.4) is 0 Å². The first kappa shape index (κ1) is 18.7. The Morgan fingerprint density at radius 1 is 1.24 bits per heavy atom. The molecule has 0 heterocycles. The highest BCUT2D eigenvalue weighted by Crippen LogP contribution is 2.29. The third-order valence-electron chi connectivity index (χ3n) is 3.55. The normalized spacial score (nSPS) is 11.2. The zero-order chi connectivity index (χ0) is 18.9. The third-order valence-corrected chi connectivity index (χ3v) is 5.38. The molecule has 2 rings (SSSR count). The Morgan fingerprint density at radius 3 is 2.44 bits per heavy atom. The van der Waals surface area contributed by atoms with Crippen LogP contribution < -0.4 is 4.72 Å². The number of aromatic carboxylic acids is 1. The SMILES string of the molecule is Cc1cc(C(=O)O)cc(S(=O)(=O)Nc2ccc(Cl)c([N+](=O)[O-])c2)c1C. The second-order valence-corrected chi connectivity index (χ2v) is 7.31. The molecule has 2 aromatic rings. The molecule has 0 unspecified atom stereocenters. The van der Waals surface area contributed by atoms with Crippen LogP contribution in [0.2, 0.25) is 5.02 Å². The van der Waals surface area contributed by atoms with Gasteiger partial charge in [-0.1, -0.05) is 11.6 Å². The van der Waals surface area contributed by atoms with Gasteiger partial charge in [0, 0.05) is 6.07 Å². The van der Waals surface area contributed by atoms with Crippen LogP contribution in [0.4, 0.5) is 11.4 Å². The molecule has 132 valence electrons. The lowest BCUT2D eigenvalue weighted by Gasteiger charge is -2.13. The first-order chi connectivity index (χ1) is 11.5. The Hall–Kier alpha value is -2.65. The van der Waals surface area contributed by atoms with E-state index in [9.17, 15) is 23.3 Å². The van der Waals surface area contributed by atoms with Crippen molar-refractivity contribution in [2.24, 2.45) is 0 Å². The van der Waals surface area contributed by atoms with Crippen molar-refractivity contribution in [2.45, 2.75) is 18.7 Å². The van der Waals surface area contributed by atoms with E-state index in [1.165, 1.54) is 18.2 Å². The topological polar surface area (TPSA) is 127 Å². The number of rotatable bonds is 5. The molecule has 0 aliphatic carbocycles. The average Bonchev–Trinajstić information content (AvgIpc) is 2.50. The van der Waals surface area contributed by atoms with Gasteiger partial charge < -0.3 is 5.11 Å². The number of nitro benzene ring substituents is 1. The lowest BCUT2D eigenvalue weighted by atomic mass is 10.1. The van der Waals surface area contributed by atoms with E-state index in [1.807, 2.05) is 0 Å². The molecule has 10 heteroatoms. The number of sulfonamides is 1. The van der Waals surface area contributed by atoms with Gasteiger partial charge in [-0.2, -0.15) is 0 Å². The molecule has 0 spiro atoms. The number of nitro groups is 1. The van der Waals surface area contributed by atoms with Crippen molar-refractivity contribution in [3.8, 4) is 0 Å². The van der Waals surface area contributed by atoms with Gasteiger partial charge in [-0.05, 0) is 49.2 Å². The van der Waals surface area contributed by atoms with Crippen LogP contribution in [-0.4, -0.2) is 24.4 Å². The number of carboxylic acid groups (broad SMARTS) is 1. The largest absolute Gasteiger partial charge is 0.478 e. The maximum atomic E-state index is 12.6. The van der Waals surface area contributed by atoms with Crippen molar-refractivity contribution >= 4 is 39.0 Å². The predicted octanol–water partition coefficient (Wildman–Crippen LogP) is 3.36. The van der Waals surface area contributed by atoms with Gasteiger partial charge in [0.15, 0.2) is 0 Å². The molecule has 0 saturated carbocycles. The highest BCUT2D eigenvalue weighted by Gasteiger charge is 2.22. The van der Waals surface area contributed by atoms with Gasteiger partial charge in [-0.15, -0.1) is 0 Å². The first-order valence-electron chi connectivity index (χ1n) is 6.84. The summed E-state index contributed by atoms with van der Waals surface area (Å²) >= 11 is 5.70. The van der Waals surface area contributed by atoms with Crippen LogP contribution >= 0.6 is 11.6 Å². The molecule has 8 nitrogen and oxygen atoms in total. The van der Waals surface area contributed by atoms with Crippen LogP contribution in [-0.2, 0) is 10.0 Å². The van der Waals surface area contributed by atoms with Gasteiger partial charge in [0.05, 0.1) is 21.1 Å². The van der Waals surface area contributed by atoms with Gasteiger partial charge in [-0.3, -0.25) is 14.8 Å². The van der Waals surface area contributed by atoms with E-state index >= 15 is 0 Å². The van der Waals surface area contributed by atoms with Gasteiger partial charge in [0.2, 0.25) is 0 Å². The molecule has 0 bridgehead atoms. The summed E-state index contributed by atoms with van der Waals surface area (Å²) < 4.78 is 27.4. The van der Waals surface area contributed by atoms with Gasteiger partial charge >= 0.3 is 5.97 Å². The molecule has 0 amide bonds. The number of hydrogen-bond acceptors (Lipinski definition) is 5. The molecule has 2 N–H and O–H groups in total. The van der Waals surface area contributed by atoms with Crippen molar-refractivity contribution < 1.29 is 23.2 Å². The van der Waals surface area contributed by atoms with Crippen LogP contribution in [0.25, 0.3) is 0 Å². The van der Waals surface area contributed by atoms with Crippen molar-refractivity contribution in [3.05, 3.63) is 62.2 Å². The second-order valence-electron chi connectivity index (χ2n) is 5.25. The van der Waals surface area contributed by atoms with Gasteiger partial charge in [0.25, 0.3) is 15.7 Å².